The normalized spacial score (nSPS) is 12.3. The molecule has 0 spiro atoms. The van der Waals surface area contributed by atoms with Crippen LogP contribution >= 0.6 is 0 Å². The van der Waals surface area contributed by atoms with E-state index in [4.69, 9.17) is 5.11 Å². The van der Waals surface area contributed by atoms with Gasteiger partial charge in [-0.05, 0) is 30.4 Å². The quantitative estimate of drug-likeness (QED) is 0.803. The summed E-state index contributed by atoms with van der Waals surface area (Å²) >= 11 is 0. The van der Waals surface area contributed by atoms with E-state index in [-0.39, 0.29) is 5.92 Å². The largest absolute Gasteiger partial charge is 0.481 e. The lowest BCUT2D eigenvalue weighted by Crippen LogP contribution is -2.33. The van der Waals surface area contributed by atoms with Gasteiger partial charge in [0.2, 0.25) is 5.91 Å². The number of aryl methyl sites for hydroxylation is 2. The van der Waals surface area contributed by atoms with Crippen molar-refractivity contribution in [2.75, 3.05) is 5.32 Å². The first-order valence-corrected chi connectivity index (χ1v) is 6.50. The molecule has 0 saturated heterocycles. The Bertz CT molecular complexity index is 480. The van der Waals surface area contributed by atoms with Crippen LogP contribution in [0.3, 0.4) is 0 Å². The molecule has 0 radical (unpaired) electrons. The number of carboxylic acids is 1. The van der Waals surface area contributed by atoms with Gasteiger partial charge in [-0.2, -0.15) is 0 Å². The van der Waals surface area contributed by atoms with Crippen molar-refractivity contribution in [2.45, 2.75) is 34.1 Å². The molecule has 1 amide bonds. The fourth-order valence-corrected chi connectivity index (χ4v) is 2.10. The van der Waals surface area contributed by atoms with Crippen LogP contribution in [0.2, 0.25) is 0 Å². The maximum atomic E-state index is 12.1. The van der Waals surface area contributed by atoms with Gasteiger partial charge in [0.15, 0.2) is 0 Å². The zero-order chi connectivity index (χ0) is 14.6. The summed E-state index contributed by atoms with van der Waals surface area (Å²) in [5, 5.41) is 11.9. The third-order valence-electron chi connectivity index (χ3n) is 3.20. The third kappa shape index (κ3) is 3.56. The molecular formula is C15H21NO3. The number of anilines is 1. The highest BCUT2D eigenvalue weighted by molar-refractivity contribution is 6.05. The van der Waals surface area contributed by atoms with Gasteiger partial charge in [-0.3, -0.25) is 9.59 Å². The van der Waals surface area contributed by atoms with Crippen molar-refractivity contribution in [1.82, 2.24) is 0 Å². The Balaban J connectivity index is 3.02. The number of rotatable bonds is 5. The molecule has 2 N–H and O–H groups in total. The highest BCUT2D eigenvalue weighted by atomic mass is 16.4. The summed E-state index contributed by atoms with van der Waals surface area (Å²) in [6, 6.07) is 5.77. The van der Waals surface area contributed by atoms with Crippen LogP contribution in [0.25, 0.3) is 0 Å². The smallest absolute Gasteiger partial charge is 0.316 e. The summed E-state index contributed by atoms with van der Waals surface area (Å²) in [4.78, 5) is 23.3. The summed E-state index contributed by atoms with van der Waals surface area (Å²) in [7, 11) is 0. The van der Waals surface area contributed by atoms with Gasteiger partial charge in [0.25, 0.3) is 0 Å². The number of carbonyl (C=O) groups is 2. The molecule has 4 nitrogen and oxygen atoms in total. The minimum absolute atomic E-state index is 0.244. The van der Waals surface area contributed by atoms with Gasteiger partial charge in [-0.1, -0.05) is 39.0 Å². The van der Waals surface area contributed by atoms with E-state index < -0.39 is 17.8 Å². The maximum absolute atomic E-state index is 12.1. The van der Waals surface area contributed by atoms with Crippen LogP contribution in [0.1, 0.15) is 31.9 Å². The molecular weight excluding hydrogens is 242 g/mol. The Hall–Kier alpha value is -1.84. The number of carboxylic acid groups (broad SMARTS) is 1. The van der Waals surface area contributed by atoms with Crippen LogP contribution in [0.4, 0.5) is 5.69 Å². The minimum Gasteiger partial charge on any atom is -0.481 e. The molecule has 104 valence electrons. The van der Waals surface area contributed by atoms with Crippen molar-refractivity contribution in [2.24, 2.45) is 11.8 Å². The molecule has 0 aliphatic heterocycles. The second kappa shape index (κ2) is 6.36. The fourth-order valence-electron chi connectivity index (χ4n) is 2.10. The number of hydrogen-bond donors (Lipinski definition) is 2. The molecule has 1 rings (SSSR count). The Morgan fingerprint density at radius 3 is 2.42 bits per heavy atom. The molecule has 1 unspecified atom stereocenters. The van der Waals surface area contributed by atoms with E-state index in [0.29, 0.717) is 0 Å². The van der Waals surface area contributed by atoms with E-state index in [1.807, 2.05) is 32.0 Å². The molecule has 19 heavy (non-hydrogen) atoms. The molecule has 0 bridgehead atoms. The highest BCUT2D eigenvalue weighted by Crippen LogP contribution is 2.23. The maximum Gasteiger partial charge on any atom is 0.316 e. The molecule has 1 atom stereocenters. The molecule has 0 fully saturated rings. The van der Waals surface area contributed by atoms with Gasteiger partial charge >= 0.3 is 5.97 Å². The number of aliphatic carboxylic acids is 1. The van der Waals surface area contributed by atoms with Crippen molar-refractivity contribution >= 4 is 17.6 Å². The van der Waals surface area contributed by atoms with E-state index >= 15 is 0 Å². The molecule has 0 aliphatic carbocycles. The van der Waals surface area contributed by atoms with E-state index in [0.717, 1.165) is 23.2 Å². The summed E-state index contributed by atoms with van der Waals surface area (Å²) in [6.07, 6.45) is 0.788. The van der Waals surface area contributed by atoms with Gasteiger partial charge in [0, 0.05) is 5.69 Å². The molecule has 1 aromatic carbocycles. The molecule has 0 aliphatic rings. The van der Waals surface area contributed by atoms with Crippen LogP contribution in [-0.4, -0.2) is 17.0 Å². The predicted octanol–water partition coefficient (Wildman–Crippen LogP) is 2.85. The van der Waals surface area contributed by atoms with Crippen molar-refractivity contribution in [3.63, 3.8) is 0 Å². The topological polar surface area (TPSA) is 66.4 Å². The predicted molar refractivity (Wildman–Crippen MR) is 75.2 cm³/mol. The summed E-state index contributed by atoms with van der Waals surface area (Å²) in [5.41, 5.74) is 2.70. The van der Waals surface area contributed by atoms with E-state index in [1.54, 1.807) is 13.8 Å². The molecule has 1 aromatic rings. The lowest BCUT2D eigenvalue weighted by atomic mass is 9.94. The Morgan fingerprint density at radius 2 is 1.95 bits per heavy atom. The first-order chi connectivity index (χ1) is 8.88. The number of amides is 1. The van der Waals surface area contributed by atoms with Gasteiger partial charge in [-0.15, -0.1) is 0 Å². The van der Waals surface area contributed by atoms with Gasteiger partial charge < -0.3 is 10.4 Å². The number of para-hydroxylation sites is 1. The minimum atomic E-state index is -1.08. The van der Waals surface area contributed by atoms with Crippen molar-refractivity contribution < 1.29 is 14.7 Å². The number of hydrogen-bond acceptors (Lipinski definition) is 2. The van der Waals surface area contributed by atoms with Crippen molar-refractivity contribution in [3.05, 3.63) is 29.3 Å². The zero-order valence-electron chi connectivity index (χ0n) is 11.9. The monoisotopic (exact) mass is 263 g/mol. The van der Waals surface area contributed by atoms with E-state index in [9.17, 15) is 9.59 Å². The van der Waals surface area contributed by atoms with Crippen LogP contribution < -0.4 is 5.32 Å². The third-order valence-corrected chi connectivity index (χ3v) is 3.20. The average Bonchev–Trinajstić information content (AvgIpc) is 2.30. The fraction of sp³-hybridized carbons (Fsp3) is 0.467. The van der Waals surface area contributed by atoms with Gasteiger partial charge in [-0.25, -0.2) is 0 Å². The standard InChI is InChI=1S/C15H21NO3/c1-5-11-8-6-7-10(4)13(11)16-14(17)12(9(2)3)15(18)19/h6-9,12H,5H2,1-4H3,(H,16,17)(H,18,19). The van der Waals surface area contributed by atoms with Crippen LogP contribution in [0, 0.1) is 18.8 Å². The van der Waals surface area contributed by atoms with Crippen molar-refractivity contribution in [3.8, 4) is 0 Å². The first kappa shape index (κ1) is 15.2. The Morgan fingerprint density at radius 1 is 1.32 bits per heavy atom. The second-order valence-corrected chi connectivity index (χ2v) is 5.01. The van der Waals surface area contributed by atoms with Crippen LogP contribution in [0.5, 0.6) is 0 Å². The molecule has 0 aromatic heterocycles. The van der Waals surface area contributed by atoms with E-state index in [1.165, 1.54) is 0 Å². The molecule has 4 heteroatoms. The SMILES string of the molecule is CCc1cccc(C)c1NC(=O)C(C(=O)O)C(C)C. The van der Waals surface area contributed by atoms with E-state index in [2.05, 4.69) is 5.32 Å². The summed E-state index contributed by atoms with van der Waals surface area (Å²) in [6.45, 7) is 7.37. The lowest BCUT2D eigenvalue weighted by molar-refractivity contribution is -0.147. The van der Waals surface area contributed by atoms with Crippen molar-refractivity contribution in [1.29, 1.82) is 0 Å². The average molecular weight is 263 g/mol. The highest BCUT2D eigenvalue weighted by Gasteiger charge is 2.30. The zero-order valence-corrected chi connectivity index (χ0v) is 11.9. The molecule has 0 saturated carbocycles. The number of benzene rings is 1. The van der Waals surface area contributed by atoms with Gasteiger partial charge in [0.05, 0.1) is 0 Å². The van der Waals surface area contributed by atoms with Crippen LogP contribution in [0.15, 0.2) is 18.2 Å². The first-order valence-electron chi connectivity index (χ1n) is 6.50. The molecule has 0 heterocycles. The summed E-state index contributed by atoms with van der Waals surface area (Å²) < 4.78 is 0. The summed E-state index contributed by atoms with van der Waals surface area (Å²) in [5.74, 6) is -2.80. The van der Waals surface area contributed by atoms with Crippen LogP contribution in [-0.2, 0) is 16.0 Å². The lowest BCUT2D eigenvalue weighted by Gasteiger charge is -2.18. The number of carbonyl (C=O) groups excluding carboxylic acids is 1. The number of nitrogens with one attached hydrogen (secondary N) is 1. The van der Waals surface area contributed by atoms with Gasteiger partial charge in [0.1, 0.15) is 5.92 Å². The Kier molecular flexibility index (Phi) is 5.10. The second-order valence-electron chi connectivity index (χ2n) is 5.01. The Labute approximate surface area is 113 Å².